The predicted molar refractivity (Wildman–Crippen MR) is 241 cm³/mol. The summed E-state index contributed by atoms with van der Waals surface area (Å²) in [7, 11) is 0. The van der Waals surface area contributed by atoms with E-state index in [9.17, 15) is 4.79 Å². The number of carbonyl (C=O) groups is 1. The molecule has 1 aliphatic rings. The highest BCUT2D eigenvalue weighted by molar-refractivity contribution is 7.80. The minimum atomic E-state index is -0.214. The first-order valence-corrected chi connectivity index (χ1v) is 19.5. The van der Waals surface area contributed by atoms with Gasteiger partial charge in [0.1, 0.15) is 5.70 Å². The van der Waals surface area contributed by atoms with Crippen molar-refractivity contribution in [2.24, 2.45) is 0 Å². The van der Waals surface area contributed by atoms with Crippen LogP contribution in [0, 0.1) is 0 Å². The highest BCUT2D eigenvalue weighted by Gasteiger charge is 2.25. The lowest BCUT2D eigenvalue weighted by atomic mass is 9.86. The lowest BCUT2D eigenvalue weighted by Gasteiger charge is -2.33. The van der Waals surface area contributed by atoms with Gasteiger partial charge in [-0.2, -0.15) is 0 Å². The number of nitrogens with one attached hydrogen (secondary N) is 3. The molecule has 276 valence electrons. The second kappa shape index (κ2) is 17.7. The van der Waals surface area contributed by atoms with Crippen LogP contribution in [0.25, 0.3) is 42.0 Å². The van der Waals surface area contributed by atoms with Crippen LogP contribution in [0.2, 0.25) is 0 Å². The van der Waals surface area contributed by atoms with Crippen LogP contribution in [-0.2, 0) is 10.3 Å². The fourth-order valence-corrected chi connectivity index (χ4v) is 7.12. The number of hydrogen-bond acceptors (Lipinski definition) is 3. The van der Waals surface area contributed by atoms with Gasteiger partial charge in [0.05, 0.1) is 5.54 Å². The third-order valence-electron chi connectivity index (χ3n) is 9.95. The van der Waals surface area contributed by atoms with Gasteiger partial charge in [0.25, 0.3) is 5.91 Å². The number of anilines is 1. The van der Waals surface area contributed by atoms with Crippen LogP contribution in [0.1, 0.15) is 76.8 Å². The monoisotopic (exact) mass is 747 g/mol. The molecule has 0 bridgehead atoms. The molecule has 4 nitrogen and oxygen atoms in total. The second-order valence-electron chi connectivity index (χ2n) is 14.2. The van der Waals surface area contributed by atoms with Crippen LogP contribution < -0.4 is 16.0 Å². The van der Waals surface area contributed by atoms with Crippen LogP contribution in [0.3, 0.4) is 0 Å². The summed E-state index contributed by atoms with van der Waals surface area (Å²) in [6.07, 6.45) is 14.6. The third-order valence-corrected chi connectivity index (χ3v) is 10.2. The molecule has 0 spiro atoms. The number of thiocarbonyl (C=S) groups is 1. The Morgan fingerprint density at radius 3 is 1.48 bits per heavy atom. The average Bonchev–Trinajstić information content (AvgIpc) is 3.55. The summed E-state index contributed by atoms with van der Waals surface area (Å²) in [6.45, 7) is 4.54. The summed E-state index contributed by atoms with van der Waals surface area (Å²) in [5, 5.41) is 9.65. The molecule has 1 amide bonds. The SMILES string of the molecule is CCCC(C)(Nc1ccc(/C=C/c2ccc(/C=C/c3ccc(/C=C4\NC(=S)NC4=O)cc3)cc2)cc1)c1ccc(C=C(c2ccccc2)c2ccccc2)cc1. The molecule has 1 heterocycles. The van der Waals surface area contributed by atoms with Gasteiger partial charge >= 0.3 is 0 Å². The van der Waals surface area contributed by atoms with Crippen LogP contribution in [0.5, 0.6) is 0 Å². The maximum Gasteiger partial charge on any atom is 0.273 e. The molecule has 3 N–H and O–H groups in total. The van der Waals surface area contributed by atoms with Gasteiger partial charge in [0.15, 0.2) is 5.11 Å². The van der Waals surface area contributed by atoms with E-state index in [4.69, 9.17) is 12.2 Å². The molecule has 0 aliphatic carbocycles. The molecule has 5 heteroatoms. The average molecular weight is 748 g/mol. The zero-order chi connectivity index (χ0) is 38.7. The van der Waals surface area contributed by atoms with Crippen molar-refractivity contribution < 1.29 is 4.79 Å². The van der Waals surface area contributed by atoms with E-state index in [0.29, 0.717) is 10.8 Å². The normalized spacial score (nSPS) is 14.4. The van der Waals surface area contributed by atoms with E-state index in [2.05, 4.69) is 194 Å². The molecule has 56 heavy (non-hydrogen) atoms. The van der Waals surface area contributed by atoms with Gasteiger partial charge in [-0.05, 0) is 105 Å². The Morgan fingerprint density at radius 2 is 1.04 bits per heavy atom. The lowest BCUT2D eigenvalue weighted by Crippen LogP contribution is -2.31. The molecular formula is C51H45N3OS. The standard InChI is InChI=1S/C51H45N3OS/c1-3-34-51(2,45-30-26-41(27-31-45)35-47(43-10-6-4-7-11-43)44-12-8-5-9-13-44)54-46-32-28-40(29-33-46)21-20-38-16-14-37(15-17-38)18-19-39-22-24-42(25-23-39)36-48-49(55)53-50(56)52-48/h4-33,35-36,54H,3,34H2,1-2H3,(H2,52,53,55,56)/b19-18+,21-20+,48-36-. The summed E-state index contributed by atoms with van der Waals surface area (Å²) in [4.78, 5) is 11.9. The Bertz CT molecular complexity index is 2350. The molecule has 1 fully saturated rings. The van der Waals surface area contributed by atoms with Gasteiger partial charge in [-0.25, -0.2) is 0 Å². The molecule has 1 saturated heterocycles. The molecule has 6 aromatic carbocycles. The Hall–Kier alpha value is -6.56. The fourth-order valence-electron chi connectivity index (χ4n) is 6.91. The Morgan fingerprint density at radius 1 is 0.589 bits per heavy atom. The van der Waals surface area contributed by atoms with Gasteiger partial charge in [-0.1, -0.05) is 183 Å². The van der Waals surface area contributed by atoms with Crippen molar-refractivity contribution in [1.29, 1.82) is 0 Å². The number of carbonyl (C=O) groups excluding carboxylic acids is 1. The van der Waals surface area contributed by atoms with E-state index in [-0.39, 0.29) is 11.4 Å². The summed E-state index contributed by atoms with van der Waals surface area (Å²) < 4.78 is 0. The maximum absolute atomic E-state index is 11.9. The Kier molecular flexibility index (Phi) is 11.9. The van der Waals surface area contributed by atoms with Gasteiger partial charge in [-0.15, -0.1) is 0 Å². The summed E-state index contributed by atoms with van der Waals surface area (Å²) in [6, 6.07) is 55.4. The number of benzene rings is 6. The topological polar surface area (TPSA) is 53.2 Å². The van der Waals surface area contributed by atoms with Crippen molar-refractivity contribution in [2.45, 2.75) is 32.2 Å². The van der Waals surface area contributed by atoms with Gasteiger partial charge < -0.3 is 10.6 Å². The van der Waals surface area contributed by atoms with Crippen molar-refractivity contribution in [3.63, 3.8) is 0 Å². The van der Waals surface area contributed by atoms with E-state index in [0.717, 1.165) is 46.3 Å². The first-order chi connectivity index (χ1) is 27.3. The quantitative estimate of drug-likeness (QED) is 0.0626. The molecular weight excluding hydrogens is 703 g/mol. The van der Waals surface area contributed by atoms with Gasteiger partial charge in [-0.3, -0.25) is 10.1 Å². The zero-order valence-corrected chi connectivity index (χ0v) is 32.5. The van der Waals surface area contributed by atoms with E-state index in [1.807, 2.05) is 24.3 Å². The molecule has 0 saturated carbocycles. The molecule has 6 aromatic rings. The minimum Gasteiger partial charge on any atom is -0.376 e. The van der Waals surface area contributed by atoms with Crippen LogP contribution in [-0.4, -0.2) is 11.0 Å². The summed E-state index contributed by atoms with van der Waals surface area (Å²) in [5.74, 6) is -0.210. The minimum absolute atomic E-state index is 0.210. The predicted octanol–water partition coefficient (Wildman–Crippen LogP) is 12.1. The van der Waals surface area contributed by atoms with Crippen molar-refractivity contribution in [1.82, 2.24) is 10.6 Å². The van der Waals surface area contributed by atoms with Crippen LogP contribution in [0.4, 0.5) is 5.69 Å². The van der Waals surface area contributed by atoms with Crippen molar-refractivity contribution in [2.75, 3.05) is 5.32 Å². The summed E-state index contributed by atoms with van der Waals surface area (Å²) >= 11 is 5.00. The molecule has 7 rings (SSSR count). The van der Waals surface area contributed by atoms with Crippen molar-refractivity contribution in [3.05, 3.63) is 213 Å². The molecule has 1 atom stereocenters. The lowest BCUT2D eigenvalue weighted by molar-refractivity contribution is -0.115. The highest BCUT2D eigenvalue weighted by atomic mass is 32.1. The van der Waals surface area contributed by atoms with Crippen molar-refractivity contribution in [3.8, 4) is 0 Å². The number of rotatable bonds is 13. The Balaban J connectivity index is 0.971. The first-order valence-electron chi connectivity index (χ1n) is 19.1. The van der Waals surface area contributed by atoms with Gasteiger partial charge in [0.2, 0.25) is 0 Å². The maximum atomic E-state index is 11.9. The first kappa shape index (κ1) is 37.7. The molecule has 1 aliphatic heterocycles. The second-order valence-corrected chi connectivity index (χ2v) is 14.6. The largest absolute Gasteiger partial charge is 0.376 e. The Labute approximate surface area is 336 Å². The fraction of sp³-hybridized carbons (Fsp3) is 0.0980. The molecule has 0 radical (unpaired) electrons. The van der Waals surface area contributed by atoms with E-state index in [1.165, 1.54) is 27.8 Å². The number of amides is 1. The number of hydrogen-bond donors (Lipinski definition) is 3. The van der Waals surface area contributed by atoms with E-state index >= 15 is 0 Å². The van der Waals surface area contributed by atoms with Gasteiger partial charge in [0, 0.05) is 5.69 Å². The van der Waals surface area contributed by atoms with Crippen LogP contribution in [0.15, 0.2) is 163 Å². The van der Waals surface area contributed by atoms with Crippen molar-refractivity contribution >= 4 is 71.0 Å². The third kappa shape index (κ3) is 9.75. The molecule has 1 unspecified atom stereocenters. The van der Waals surface area contributed by atoms with E-state index < -0.39 is 0 Å². The van der Waals surface area contributed by atoms with E-state index in [1.54, 1.807) is 6.08 Å². The summed E-state index contributed by atoms with van der Waals surface area (Å²) in [5.41, 5.74) is 12.8. The van der Waals surface area contributed by atoms with Crippen LogP contribution >= 0.6 is 12.2 Å². The smallest absolute Gasteiger partial charge is 0.273 e. The molecule has 0 aromatic heterocycles. The highest BCUT2D eigenvalue weighted by Crippen LogP contribution is 2.33. The zero-order valence-electron chi connectivity index (χ0n) is 31.7.